The maximum absolute atomic E-state index is 12.8. The van der Waals surface area contributed by atoms with Gasteiger partial charge in [-0.05, 0) is 32.1 Å². The first-order chi connectivity index (χ1) is 11.7. The Morgan fingerprint density at radius 1 is 1.00 bits per heavy atom. The van der Waals surface area contributed by atoms with Crippen molar-refractivity contribution in [3.05, 3.63) is 0 Å². The molecule has 0 radical (unpaired) electrons. The third kappa shape index (κ3) is 5.84. The van der Waals surface area contributed by atoms with Crippen LogP contribution in [0.4, 0.5) is 0 Å². The van der Waals surface area contributed by atoms with Crippen LogP contribution in [0.5, 0.6) is 0 Å². The van der Waals surface area contributed by atoms with Crippen molar-refractivity contribution < 1.29 is 14.3 Å². The highest BCUT2D eigenvalue weighted by atomic mass is 16.5. The van der Waals surface area contributed by atoms with Crippen molar-refractivity contribution in [3.8, 4) is 0 Å². The van der Waals surface area contributed by atoms with Crippen LogP contribution in [0.15, 0.2) is 0 Å². The predicted molar refractivity (Wildman–Crippen MR) is 98.2 cm³/mol. The number of hydrogen-bond acceptors (Lipinski definition) is 3. The summed E-state index contributed by atoms with van der Waals surface area (Å²) in [6.07, 6.45) is 14.2. The van der Waals surface area contributed by atoms with Crippen LogP contribution in [0.2, 0.25) is 0 Å². The molecule has 2 saturated carbocycles. The van der Waals surface area contributed by atoms with Crippen LogP contribution in [-0.4, -0.2) is 31.2 Å². The molecule has 3 nitrogen and oxygen atoms in total. The maximum Gasteiger partial charge on any atom is 0.139 e. The molecule has 3 atom stereocenters. The Hall–Kier alpha value is -0.410. The molecule has 0 saturated heterocycles. The summed E-state index contributed by atoms with van der Waals surface area (Å²) in [6, 6.07) is 0. The number of rotatable bonds is 5. The average Bonchev–Trinajstić information content (AvgIpc) is 2.54. The van der Waals surface area contributed by atoms with E-state index >= 15 is 0 Å². The Bertz CT molecular complexity index is 364. The van der Waals surface area contributed by atoms with Crippen LogP contribution >= 0.6 is 0 Å². The largest absolute Gasteiger partial charge is 0.379 e. The second-order valence-corrected chi connectivity index (χ2v) is 8.01. The number of carbonyl (C=O) groups excluding carboxylic acids is 1. The van der Waals surface area contributed by atoms with E-state index in [2.05, 4.69) is 6.92 Å². The molecule has 0 spiro atoms. The molecule has 140 valence electrons. The second kappa shape index (κ2) is 10.6. The van der Waals surface area contributed by atoms with Gasteiger partial charge in [-0.25, -0.2) is 0 Å². The smallest absolute Gasteiger partial charge is 0.139 e. The molecule has 2 aliphatic rings. The van der Waals surface area contributed by atoms with E-state index in [-0.39, 0.29) is 11.5 Å². The van der Waals surface area contributed by atoms with Crippen LogP contribution in [0.1, 0.15) is 90.9 Å². The predicted octanol–water partition coefficient (Wildman–Crippen LogP) is 5.31. The third-order valence-corrected chi connectivity index (χ3v) is 5.93. The van der Waals surface area contributed by atoms with E-state index in [1.165, 1.54) is 51.4 Å². The van der Waals surface area contributed by atoms with Gasteiger partial charge in [0.2, 0.25) is 0 Å². The molecule has 0 bridgehead atoms. The standard InChI is InChI=1S/C21H38O3/c1-3-23-14-15-24-21-13-11-9-7-5-4-6-8-10-12-19(21)20(22)16-18(2)17-21/h18-19H,3-17H2,1-2H3. The molecular weight excluding hydrogens is 300 g/mol. The molecule has 2 aliphatic carbocycles. The van der Waals surface area contributed by atoms with E-state index in [9.17, 15) is 4.79 Å². The Kier molecular flexibility index (Phi) is 8.75. The van der Waals surface area contributed by atoms with Gasteiger partial charge in [-0.1, -0.05) is 58.3 Å². The molecule has 0 aromatic rings. The normalized spacial score (nSPS) is 33.3. The molecule has 0 amide bonds. The third-order valence-electron chi connectivity index (χ3n) is 5.93. The van der Waals surface area contributed by atoms with Crippen LogP contribution in [0.3, 0.4) is 0 Å². The van der Waals surface area contributed by atoms with Gasteiger partial charge in [-0.15, -0.1) is 0 Å². The topological polar surface area (TPSA) is 35.5 Å². The summed E-state index contributed by atoms with van der Waals surface area (Å²) in [5.41, 5.74) is -0.217. The molecule has 0 aliphatic heterocycles. The van der Waals surface area contributed by atoms with Gasteiger partial charge in [-0.3, -0.25) is 4.79 Å². The minimum absolute atomic E-state index is 0.120. The minimum atomic E-state index is -0.217. The zero-order chi connectivity index (χ0) is 17.3. The van der Waals surface area contributed by atoms with Crippen LogP contribution < -0.4 is 0 Å². The van der Waals surface area contributed by atoms with Crippen molar-refractivity contribution in [2.24, 2.45) is 11.8 Å². The molecule has 3 heteroatoms. The summed E-state index contributed by atoms with van der Waals surface area (Å²) in [4.78, 5) is 12.8. The van der Waals surface area contributed by atoms with Crippen molar-refractivity contribution in [3.63, 3.8) is 0 Å². The Balaban J connectivity index is 2.09. The molecule has 2 rings (SSSR count). The summed E-state index contributed by atoms with van der Waals surface area (Å²) < 4.78 is 12.0. The van der Waals surface area contributed by atoms with E-state index < -0.39 is 0 Å². The van der Waals surface area contributed by atoms with Gasteiger partial charge in [0, 0.05) is 18.9 Å². The lowest BCUT2D eigenvalue weighted by Gasteiger charge is -2.46. The summed E-state index contributed by atoms with van der Waals surface area (Å²) in [6.45, 7) is 6.24. The van der Waals surface area contributed by atoms with E-state index in [0.717, 1.165) is 32.3 Å². The molecule has 0 aromatic heterocycles. The Labute approximate surface area is 148 Å². The summed E-state index contributed by atoms with van der Waals surface area (Å²) in [5.74, 6) is 1.03. The van der Waals surface area contributed by atoms with E-state index in [0.29, 0.717) is 24.9 Å². The van der Waals surface area contributed by atoms with Gasteiger partial charge < -0.3 is 9.47 Å². The summed E-state index contributed by atoms with van der Waals surface area (Å²) in [5, 5.41) is 0. The van der Waals surface area contributed by atoms with Crippen LogP contribution in [0.25, 0.3) is 0 Å². The number of ketones is 1. The molecular formula is C21H38O3. The fourth-order valence-corrected chi connectivity index (χ4v) is 4.80. The molecule has 2 fully saturated rings. The van der Waals surface area contributed by atoms with Gasteiger partial charge in [0.1, 0.15) is 5.78 Å². The lowest BCUT2D eigenvalue weighted by atomic mass is 9.66. The van der Waals surface area contributed by atoms with Gasteiger partial charge >= 0.3 is 0 Å². The molecule has 3 unspecified atom stereocenters. The number of Topliss-reactive ketones (excluding diaryl/α,β-unsaturated/α-hetero) is 1. The highest BCUT2D eigenvalue weighted by molar-refractivity contribution is 5.83. The van der Waals surface area contributed by atoms with Crippen LogP contribution in [-0.2, 0) is 14.3 Å². The quantitative estimate of drug-likeness (QED) is 0.637. The van der Waals surface area contributed by atoms with Gasteiger partial charge in [0.05, 0.1) is 18.8 Å². The van der Waals surface area contributed by atoms with Crippen molar-refractivity contribution in [1.82, 2.24) is 0 Å². The maximum atomic E-state index is 12.8. The monoisotopic (exact) mass is 338 g/mol. The van der Waals surface area contributed by atoms with Crippen molar-refractivity contribution >= 4 is 5.78 Å². The van der Waals surface area contributed by atoms with Gasteiger partial charge in [-0.2, -0.15) is 0 Å². The zero-order valence-electron chi connectivity index (χ0n) is 16.0. The fourth-order valence-electron chi connectivity index (χ4n) is 4.80. The van der Waals surface area contributed by atoms with Crippen molar-refractivity contribution in [2.75, 3.05) is 19.8 Å². The highest BCUT2D eigenvalue weighted by Crippen LogP contribution is 2.44. The lowest BCUT2D eigenvalue weighted by Crippen LogP contribution is -2.50. The molecule has 0 heterocycles. The first-order valence-electron chi connectivity index (χ1n) is 10.4. The van der Waals surface area contributed by atoms with Crippen LogP contribution in [0, 0.1) is 11.8 Å². The Morgan fingerprint density at radius 3 is 2.38 bits per heavy atom. The average molecular weight is 339 g/mol. The zero-order valence-corrected chi connectivity index (χ0v) is 16.0. The van der Waals surface area contributed by atoms with Crippen molar-refractivity contribution in [1.29, 1.82) is 0 Å². The number of fused-ring (bicyclic) bond motifs is 1. The van der Waals surface area contributed by atoms with E-state index in [1.54, 1.807) is 0 Å². The summed E-state index contributed by atoms with van der Waals surface area (Å²) >= 11 is 0. The first kappa shape index (κ1) is 19.9. The SMILES string of the molecule is CCOCCOC12CCCCCCCCCCC1C(=O)CC(C)C2. The number of ether oxygens (including phenoxy) is 2. The minimum Gasteiger partial charge on any atom is -0.379 e. The second-order valence-electron chi connectivity index (χ2n) is 8.01. The summed E-state index contributed by atoms with van der Waals surface area (Å²) in [7, 11) is 0. The fraction of sp³-hybridized carbons (Fsp3) is 0.952. The Morgan fingerprint density at radius 2 is 1.67 bits per heavy atom. The van der Waals surface area contributed by atoms with Crippen molar-refractivity contribution in [2.45, 2.75) is 96.5 Å². The molecule has 24 heavy (non-hydrogen) atoms. The first-order valence-corrected chi connectivity index (χ1v) is 10.4. The van der Waals surface area contributed by atoms with E-state index in [4.69, 9.17) is 9.47 Å². The molecule has 0 aromatic carbocycles. The lowest BCUT2D eigenvalue weighted by molar-refractivity contribution is -0.160. The highest BCUT2D eigenvalue weighted by Gasteiger charge is 2.47. The number of carbonyl (C=O) groups is 1. The van der Waals surface area contributed by atoms with E-state index in [1.807, 2.05) is 6.92 Å². The molecule has 0 N–H and O–H groups in total. The van der Waals surface area contributed by atoms with Gasteiger partial charge in [0.25, 0.3) is 0 Å². The van der Waals surface area contributed by atoms with Gasteiger partial charge in [0.15, 0.2) is 0 Å². The number of hydrogen-bond donors (Lipinski definition) is 0.